The van der Waals surface area contributed by atoms with Gasteiger partial charge in [0.25, 0.3) is 0 Å². The predicted molar refractivity (Wildman–Crippen MR) is 112 cm³/mol. The second kappa shape index (κ2) is 8.58. The van der Waals surface area contributed by atoms with Crippen LogP contribution in [0.2, 0.25) is 0 Å². The number of nitrogens with two attached hydrogens (primary N) is 1. The first-order chi connectivity index (χ1) is 11.8. The normalized spacial score (nSPS) is 12.3. The highest BCUT2D eigenvalue weighted by molar-refractivity contribution is 5.85. The minimum Gasteiger partial charge on any atom is -0.365 e. The molecule has 0 fully saturated rings. The number of aryl methyl sites for hydroxylation is 1. The first-order valence-corrected chi connectivity index (χ1v) is 8.40. The third-order valence-electron chi connectivity index (χ3n) is 4.80. The summed E-state index contributed by atoms with van der Waals surface area (Å²) in [6.45, 7) is 2.40. The number of halogens is 2. The lowest BCUT2D eigenvalue weighted by atomic mass is 9.98. The molecule has 2 heterocycles. The molecule has 1 aliphatic heterocycles. The summed E-state index contributed by atoms with van der Waals surface area (Å²) < 4.78 is 1.95. The van der Waals surface area contributed by atoms with Gasteiger partial charge in [-0.25, -0.2) is 0 Å². The van der Waals surface area contributed by atoms with Crippen molar-refractivity contribution in [3.8, 4) is 11.1 Å². The van der Waals surface area contributed by atoms with Crippen molar-refractivity contribution in [2.24, 2.45) is 12.8 Å². The van der Waals surface area contributed by atoms with Gasteiger partial charge in [0.15, 0.2) is 0 Å². The zero-order chi connectivity index (χ0) is 16.5. The van der Waals surface area contributed by atoms with Gasteiger partial charge in [-0.1, -0.05) is 42.5 Å². The summed E-state index contributed by atoms with van der Waals surface area (Å²) in [7, 11) is 1.99. The third-order valence-corrected chi connectivity index (χ3v) is 4.80. The lowest BCUT2D eigenvalue weighted by Crippen LogP contribution is -2.21. The molecule has 138 valence electrons. The number of aromatic nitrogens is 2. The zero-order valence-electron chi connectivity index (χ0n) is 14.8. The van der Waals surface area contributed by atoms with Crippen molar-refractivity contribution in [3.05, 3.63) is 71.5 Å². The Kier molecular flexibility index (Phi) is 6.70. The minimum absolute atomic E-state index is 0. The van der Waals surface area contributed by atoms with Crippen LogP contribution in [0.5, 0.6) is 0 Å². The van der Waals surface area contributed by atoms with E-state index in [9.17, 15) is 0 Å². The topological polar surface area (TPSA) is 47.1 Å². The monoisotopic (exact) mass is 390 g/mol. The number of hydrogen-bond acceptors (Lipinski definition) is 3. The molecule has 0 saturated heterocycles. The van der Waals surface area contributed by atoms with Gasteiger partial charge in [0.05, 0.1) is 17.9 Å². The van der Waals surface area contributed by atoms with Crippen LogP contribution in [-0.4, -0.2) is 16.3 Å². The van der Waals surface area contributed by atoms with Crippen molar-refractivity contribution in [1.82, 2.24) is 9.78 Å². The predicted octanol–water partition coefficient (Wildman–Crippen LogP) is 3.95. The summed E-state index contributed by atoms with van der Waals surface area (Å²) in [6.07, 6.45) is 1.09. The molecule has 0 saturated carbocycles. The van der Waals surface area contributed by atoms with Gasteiger partial charge >= 0.3 is 0 Å². The lowest BCUT2D eigenvalue weighted by Gasteiger charge is -2.20. The van der Waals surface area contributed by atoms with Crippen LogP contribution in [0.4, 0.5) is 5.69 Å². The number of rotatable bonds is 4. The summed E-state index contributed by atoms with van der Waals surface area (Å²) in [4.78, 5) is 2.44. The number of hydrogen-bond donors (Lipinski definition) is 1. The van der Waals surface area contributed by atoms with Gasteiger partial charge in [0.2, 0.25) is 0 Å². The van der Waals surface area contributed by atoms with Gasteiger partial charge in [-0.3, -0.25) is 4.68 Å². The van der Waals surface area contributed by atoms with E-state index in [1.807, 2.05) is 11.7 Å². The van der Waals surface area contributed by atoms with Gasteiger partial charge in [0, 0.05) is 25.8 Å². The van der Waals surface area contributed by atoms with Gasteiger partial charge in [0.1, 0.15) is 0 Å². The minimum atomic E-state index is 0. The Balaban J connectivity index is 0.00000121. The van der Waals surface area contributed by atoms with Crippen molar-refractivity contribution in [2.75, 3.05) is 11.4 Å². The summed E-state index contributed by atoms with van der Waals surface area (Å²) in [5, 5.41) is 4.46. The Morgan fingerprint density at radius 3 is 2.50 bits per heavy atom. The van der Waals surface area contributed by atoms with Crippen molar-refractivity contribution in [2.45, 2.75) is 19.5 Å². The van der Waals surface area contributed by atoms with Crippen LogP contribution in [0.3, 0.4) is 0 Å². The number of anilines is 1. The summed E-state index contributed by atoms with van der Waals surface area (Å²) in [5.41, 5.74) is 13.3. The Labute approximate surface area is 166 Å². The molecular weight excluding hydrogens is 367 g/mol. The first kappa shape index (κ1) is 20.3. The fourth-order valence-corrected chi connectivity index (χ4v) is 3.57. The highest BCUT2D eigenvalue weighted by Gasteiger charge is 2.23. The van der Waals surface area contributed by atoms with Crippen LogP contribution in [0.15, 0.2) is 54.6 Å². The molecule has 0 unspecified atom stereocenters. The molecule has 2 N–H and O–H groups in total. The quantitative estimate of drug-likeness (QED) is 0.733. The van der Waals surface area contributed by atoms with Gasteiger partial charge < -0.3 is 10.6 Å². The van der Waals surface area contributed by atoms with Gasteiger partial charge in [-0.15, -0.1) is 24.8 Å². The summed E-state index contributed by atoms with van der Waals surface area (Å²) >= 11 is 0. The van der Waals surface area contributed by atoms with E-state index in [1.165, 1.54) is 28.1 Å². The van der Waals surface area contributed by atoms with Crippen LogP contribution in [0.1, 0.15) is 17.0 Å². The van der Waals surface area contributed by atoms with E-state index in [1.54, 1.807) is 0 Å². The third kappa shape index (κ3) is 3.73. The number of benzene rings is 2. The number of nitrogens with zero attached hydrogens (tertiary/aromatic N) is 3. The molecule has 0 atom stereocenters. The fraction of sp³-hybridized carbons (Fsp3) is 0.250. The van der Waals surface area contributed by atoms with E-state index in [4.69, 9.17) is 5.73 Å². The molecule has 6 heteroatoms. The largest absolute Gasteiger partial charge is 0.365 e. The average Bonchev–Trinajstić information content (AvgIpc) is 3.20. The van der Waals surface area contributed by atoms with E-state index in [0.717, 1.165) is 25.2 Å². The fourth-order valence-electron chi connectivity index (χ4n) is 3.57. The van der Waals surface area contributed by atoms with Crippen molar-refractivity contribution >= 4 is 30.5 Å². The Morgan fingerprint density at radius 1 is 1.04 bits per heavy atom. The summed E-state index contributed by atoms with van der Waals surface area (Å²) in [6, 6.07) is 19.4. The lowest BCUT2D eigenvalue weighted by molar-refractivity contribution is 0.679. The molecule has 2 aromatic carbocycles. The van der Waals surface area contributed by atoms with Gasteiger partial charge in [-0.2, -0.15) is 5.10 Å². The maximum atomic E-state index is 5.71. The van der Waals surface area contributed by atoms with E-state index < -0.39 is 0 Å². The molecule has 1 aromatic heterocycles. The molecule has 0 radical (unpaired) electrons. The summed E-state index contributed by atoms with van der Waals surface area (Å²) in [5.74, 6) is 0. The van der Waals surface area contributed by atoms with Crippen molar-refractivity contribution in [1.29, 1.82) is 0 Å². The molecule has 1 aliphatic rings. The first-order valence-electron chi connectivity index (χ1n) is 8.40. The average molecular weight is 391 g/mol. The van der Waals surface area contributed by atoms with E-state index in [2.05, 4.69) is 64.6 Å². The maximum absolute atomic E-state index is 5.71. The van der Waals surface area contributed by atoms with E-state index in [0.29, 0.717) is 6.54 Å². The van der Waals surface area contributed by atoms with E-state index in [-0.39, 0.29) is 24.8 Å². The molecule has 0 bridgehead atoms. The van der Waals surface area contributed by atoms with E-state index >= 15 is 0 Å². The van der Waals surface area contributed by atoms with Crippen LogP contribution in [-0.2, 0) is 26.6 Å². The van der Waals surface area contributed by atoms with Gasteiger partial charge in [-0.05, 0) is 35.2 Å². The van der Waals surface area contributed by atoms with Crippen molar-refractivity contribution in [3.63, 3.8) is 0 Å². The molecule has 26 heavy (non-hydrogen) atoms. The number of fused-ring (bicyclic) bond motifs is 1. The highest BCUT2D eigenvalue weighted by Crippen LogP contribution is 2.36. The molecule has 0 aliphatic carbocycles. The molecule has 4 nitrogen and oxygen atoms in total. The van der Waals surface area contributed by atoms with Crippen LogP contribution >= 0.6 is 24.8 Å². The smallest absolute Gasteiger partial charge is 0.0763 e. The molecule has 0 amide bonds. The Hall–Kier alpha value is -2.01. The highest BCUT2D eigenvalue weighted by atomic mass is 35.5. The second-order valence-corrected chi connectivity index (χ2v) is 6.30. The maximum Gasteiger partial charge on any atom is 0.0763 e. The van der Waals surface area contributed by atoms with Crippen LogP contribution in [0.25, 0.3) is 11.1 Å². The van der Waals surface area contributed by atoms with Crippen molar-refractivity contribution < 1.29 is 0 Å². The standard InChI is InChI=1S/C20H22N4.2ClH/c1-23-17(12-16(13-21)22-23)14-24-11-10-19-18(8-5-9-20(19)24)15-6-3-2-4-7-15;;/h2-9,12H,10-11,13-14,21H2,1H3;2*1H. The molecule has 4 rings (SSSR count). The Morgan fingerprint density at radius 2 is 1.81 bits per heavy atom. The molecule has 3 aromatic rings. The molecular formula is C20H24Cl2N4. The zero-order valence-corrected chi connectivity index (χ0v) is 16.4. The molecule has 0 spiro atoms. The Bertz CT molecular complexity index is 862. The SMILES string of the molecule is Cl.Cl.Cn1nc(CN)cc1CN1CCc2c(-c3ccccc3)cccc21. The van der Waals surface area contributed by atoms with Crippen LogP contribution < -0.4 is 10.6 Å². The van der Waals surface area contributed by atoms with Crippen LogP contribution in [0, 0.1) is 0 Å². The second-order valence-electron chi connectivity index (χ2n) is 6.30.